The minimum atomic E-state index is -1.27. The number of carbonyl (C=O) groups excluding carboxylic acids is 2. The summed E-state index contributed by atoms with van der Waals surface area (Å²) < 4.78 is 45.7. The quantitative estimate of drug-likeness (QED) is 0.476. The van der Waals surface area contributed by atoms with E-state index < -0.39 is 34.4 Å². The second-order valence-electron chi connectivity index (χ2n) is 8.52. The molecule has 0 aromatic heterocycles. The van der Waals surface area contributed by atoms with Crippen LogP contribution in [0.25, 0.3) is 0 Å². The van der Waals surface area contributed by atoms with Crippen LogP contribution in [-0.2, 0) is 14.4 Å². The van der Waals surface area contributed by atoms with E-state index in [-0.39, 0.29) is 43.2 Å². The number of benzene rings is 1. The van der Waals surface area contributed by atoms with Gasteiger partial charge in [-0.2, -0.15) is 9.45 Å². The molecule has 2 amide bonds. The number of hydrogen-bond donors (Lipinski definition) is 0. The number of amides is 2. The van der Waals surface area contributed by atoms with E-state index in [4.69, 9.17) is 9.57 Å². The zero-order valence-corrected chi connectivity index (χ0v) is 17.6. The fourth-order valence-corrected chi connectivity index (χ4v) is 2.19. The van der Waals surface area contributed by atoms with Crippen LogP contribution in [0.2, 0.25) is 0 Å². The van der Waals surface area contributed by atoms with Crippen molar-refractivity contribution in [2.24, 2.45) is 0 Å². The second kappa shape index (κ2) is 9.61. The van der Waals surface area contributed by atoms with Crippen molar-refractivity contribution in [3.8, 4) is 5.75 Å². The Bertz CT molecular complexity index is 720. The van der Waals surface area contributed by atoms with Gasteiger partial charge < -0.3 is 4.74 Å². The van der Waals surface area contributed by atoms with Crippen molar-refractivity contribution < 1.29 is 32.3 Å². The van der Waals surface area contributed by atoms with Gasteiger partial charge in [-0.25, -0.2) is 8.78 Å². The highest BCUT2D eigenvalue weighted by molar-refractivity contribution is 6.00. The van der Waals surface area contributed by atoms with Gasteiger partial charge in [-0.15, -0.1) is 0 Å². The molecule has 0 unspecified atom stereocenters. The van der Waals surface area contributed by atoms with Gasteiger partial charge in [0.1, 0.15) is 5.60 Å². The van der Waals surface area contributed by atoms with Gasteiger partial charge >= 0.3 is 0 Å². The Morgan fingerprint density at radius 2 is 1.17 bits per heavy atom. The van der Waals surface area contributed by atoms with Gasteiger partial charge in [0.05, 0.1) is 5.60 Å². The summed E-state index contributed by atoms with van der Waals surface area (Å²) in [5, 5.41) is 0.875. The van der Waals surface area contributed by atoms with Crippen LogP contribution >= 0.6 is 0 Å². The number of ether oxygens (including phenoxy) is 1. The van der Waals surface area contributed by atoms with Crippen LogP contribution in [0.3, 0.4) is 0 Å². The van der Waals surface area contributed by atoms with E-state index in [9.17, 15) is 22.8 Å². The fraction of sp³-hybridized carbons (Fsp3) is 0.619. The normalized spacial score (nSPS) is 14.4. The molecule has 0 aliphatic carbocycles. The Hall–Kier alpha value is -2.09. The summed E-state index contributed by atoms with van der Waals surface area (Å²) in [5.74, 6) is -4.29. The Kier molecular flexibility index (Phi) is 8.91. The topological polar surface area (TPSA) is 55.8 Å². The molecule has 1 fully saturated rings. The maximum absolute atomic E-state index is 13.7. The lowest BCUT2D eigenvalue weighted by Gasteiger charge is -2.24. The molecule has 0 spiro atoms. The fourth-order valence-electron chi connectivity index (χ4n) is 2.19. The molecule has 0 N–H and O–H groups in total. The van der Waals surface area contributed by atoms with Crippen molar-refractivity contribution in [2.75, 3.05) is 0 Å². The van der Waals surface area contributed by atoms with Crippen molar-refractivity contribution in [1.82, 2.24) is 5.06 Å². The summed E-state index contributed by atoms with van der Waals surface area (Å²) in [4.78, 5) is 27.2. The third-order valence-corrected chi connectivity index (χ3v) is 3.59. The van der Waals surface area contributed by atoms with Crippen molar-refractivity contribution in [1.29, 1.82) is 0 Å². The average Bonchev–Trinajstić information content (AvgIpc) is 2.85. The molecule has 0 bridgehead atoms. The number of rotatable bonds is 2. The molecular formula is C21H32F3NO4. The number of nitrogens with zero attached hydrogens (tertiary/aromatic N) is 1. The standard InChI is InChI=1S/C12H15F3O.C8H13NO3.CH4/c1-6-7(2)9(14)11(10(15)8(6)13)16-12(3,4)5;1-8(2,3)12-9-6(10)4-5-7(9)11;/h1-5H3;4-5H2,1-3H3;1H4. The number of hydrogen-bond acceptors (Lipinski definition) is 4. The first-order chi connectivity index (χ1) is 12.5. The highest BCUT2D eigenvalue weighted by atomic mass is 19.2. The van der Waals surface area contributed by atoms with Crippen LogP contribution in [0.15, 0.2) is 0 Å². The largest absolute Gasteiger partial charge is 0.482 e. The summed E-state index contributed by atoms with van der Waals surface area (Å²) in [6.07, 6.45) is 0.545. The van der Waals surface area contributed by atoms with Crippen LogP contribution in [-0.4, -0.2) is 28.1 Å². The first-order valence-corrected chi connectivity index (χ1v) is 8.92. The zero-order valence-electron chi connectivity index (χ0n) is 17.6. The number of hydroxylamine groups is 2. The Morgan fingerprint density at radius 1 is 0.759 bits per heavy atom. The van der Waals surface area contributed by atoms with Crippen LogP contribution in [0, 0.1) is 31.3 Å². The van der Waals surface area contributed by atoms with Crippen molar-refractivity contribution in [3.63, 3.8) is 0 Å². The lowest BCUT2D eigenvalue weighted by atomic mass is 10.1. The SMILES string of the molecule is C.CC(C)(C)ON1C(=O)CCC1=O.Cc1c(C)c(F)c(OC(C)(C)C)c(F)c1F. The molecule has 5 nitrogen and oxygen atoms in total. The third kappa shape index (κ3) is 7.34. The molecule has 1 aromatic carbocycles. The summed E-state index contributed by atoms with van der Waals surface area (Å²) in [7, 11) is 0. The van der Waals surface area contributed by atoms with Crippen LogP contribution in [0.5, 0.6) is 5.75 Å². The summed E-state index contributed by atoms with van der Waals surface area (Å²) in [6.45, 7) is 13.0. The molecule has 8 heteroatoms. The molecule has 2 rings (SSSR count). The van der Waals surface area contributed by atoms with E-state index in [1.165, 1.54) is 13.8 Å². The number of imide groups is 1. The zero-order chi connectivity index (χ0) is 22.0. The predicted octanol–water partition coefficient (Wildman–Crippen LogP) is 5.40. The maximum Gasteiger partial charge on any atom is 0.254 e. The summed E-state index contributed by atoms with van der Waals surface area (Å²) >= 11 is 0. The number of halogens is 3. The number of carbonyl (C=O) groups is 2. The molecule has 0 saturated carbocycles. The summed E-state index contributed by atoms with van der Waals surface area (Å²) in [5.41, 5.74) is -1.24. The highest BCUT2D eigenvalue weighted by Gasteiger charge is 2.33. The average molecular weight is 419 g/mol. The van der Waals surface area contributed by atoms with Gasteiger partial charge in [0.25, 0.3) is 11.8 Å². The molecular weight excluding hydrogens is 387 g/mol. The Morgan fingerprint density at radius 3 is 1.55 bits per heavy atom. The van der Waals surface area contributed by atoms with Gasteiger partial charge in [0, 0.05) is 12.8 Å². The Balaban J connectivity index is 0.000000542. The lowest BCUT2D eigenvalue weighted by molar-refractivity contribution is -0.218. The third-order valence-electron chi connectivity index (χ3n) is 3.59. The molecule has 0 radical (unpaired) electrons. The molecule has 1 heterocycles. The summed E-state index contributed by atoms with van der Waals surface area (Å²) in [6, 6.07) is 0. The molecule has 29 heavy (non-hydrogen) atoms. The van der Waals surface area contributed by atoms with E-state index in [0.29, 0.717) is 0 Å². The van der Waals surface area contributed by atoms with E-state index in [0.717, 1.165) is 5.06 Å². The van der Waals surface area contributed by atoms with Crippen molar-refractivity contribution in [2.45, 2.75) is 86.9 Å². The first kappa shape index (κ1) is 26.9. The minimum absolute atomic E-state index is 0. The van der Waals surface area contributed by atoms with Crippen LogP contribution in [0.4, 0.5) is 13.2 Å². The predicted molar refractivity (Wildman–Crippen MR) is 105 cm³/mol. The lowest BCUT2D eigenvalue weighted by Crippen LogP contribution is -2.37. The molecule has 1 aliphatic heterocycles. The minimum Gasteiger partial charge on any atom is -0.482 e. The van der Waals surface area contributed by atoms with Crippen LogP contribution in [0.1, 0.15) is 72.9 Å². The van der Waals surface area contributed by atoms with Gasteiger partial charge in [0.2, 0.25) is 5.82 Å². The van der Waals surface area contributed by atoms with E-state index in [2.05, 4.69) is 0 Å². The van der Waals surface area contributed by atoms with Gasteiger partial charge in [0.15, 0.2) is 17.4 Å². The smallest absolute Gasteiger partial charge is 0.254 e. The molecule has 1 aliphatic rings. The first-order valence-electron chi connectivity index (χ1n) is 8.92. The molecule has 0 atom stereocenters. The highest BCUT2D eigenvalue weighted by Crippen LogP contribution is 2.32. The van der Waals surface area contributed by atoms with Crippen molar-refractivity contribution in [3.05, 3.63) is 28.6 Å². The van der Waals surface area contributed by atoms with E-state index in [1.807, 2.05) is 0 Å². The molecule has 1 saturated heterocycles. The maximum atomic E-state index is 13.7. The van der Waals surface area contributed by atoms with Crippen molar-refractivity contribution >= 4 is 11.8 Å². The second-order valence-corrected chi connectivity index (χ2v) is 8.52. The molecule has 166 valence electrons. The van der Waals surface area contributed by atoms with Gasteiger partial charge in [-0.05, 0) is 66.5 Å². The van der Waals surface area contributed by atoms with E-state index in [1.54, 1.807) is 41.5 Å². The van der Waals surface area contributed by atoms with Gasteiger partial charge in [-0.3, -0.25) is 14.4 Å². The Labute approximate surface area is 171 Å². The van der Waals surface area contributed by atoms with E-state index >= 15 is 0 Å². The van der Waals surface area contributed by atoms with Crippen LogP contribution < -0.4 is 4.74 Å². The molecule has 1 aromatic rings. The monoisotopic (exact) mass is 419 g/mol. The van der Waals surface area contributed by atoms with Gasteiger partial charge in [-0.1, -0.05) is 7.43 Å².